The first-order chi connectivity index (χ1) is 10.8. The second-order valence-electron chi connectivity index (χ2n) is 5.88. The normalized spacial score (nSPS) is 18.6. The topological polar surface area (TPSA) is 51.0 Å². The molecule has 2 aromatic rings. The molecule has 1 fully saturated rings. The maximum atomic E-state index is 12.6. The summed E-state index contributed by atoms with van der Waals surface area (Å²) in [5.74, 6) is 0.640. The van der Waals surface area contributed by atoms with Gasteiger partial charge in [0.25, 0.3) is 5.91 Å². The molecule has 1 aliphatic heterocycles. The summed E-state index contributed by atoms with van der Waals surface area (Å²) in [6, 6.07) is 0. The van der Waals surface area contributed by atoms with Crippen molar-refractivity contribution < 1.29 is 4.79 Å². The Kier molecular flexibility index (Phi) is 4.87. The highest BCUT2D eigenvalue weighted by atomic mass is 32.1. The van der Waals surface area contributed by atoms with Gasteiger partial charge in [-0.1, -0.05) is 6.92 Å². The zero-order valence-corrected chi connectivity index (χ0v) is 13.8. The molecule has 0 saturated carbocycles. The standard InChI is InChI=1S/C16H22N4OS/c1-2-6-20-12-14(10-18-20)16(21)19-7-3-4-13(11-19)9-15-17-5-8-22-15/h5,8,10,12-13H,2-4,6-7,9,11H2,1H3/t13-/m0/s1. The molecule has 0 N–H and O–H groups in total. The molecule has 0 unspecified atom stereocenters. The number of rotatable bonds is 5. The zero-order valence-electron chi connectivity index (χ0n) is 12.9. The molecular formula is C16H22N4OS. The number of aryl methyl sites for hydroxylation is 1. The number of carbonyl (C=O) groups excluding carboxylic acids is 1. The molecular weight excluding hydrogens is 296 g/mol. The second kappa shape index (κ2) is 7.05. The summed E-state index contributed by atoms with van der Waals surface area (Å²) < 4.78 is 1.85. The molecule has 118 valence electrons. The first kappa shape index (κ1) is 15.2. The van der Waals surface area contributed by atoms with E-state index >= 15 is 0 Å². The Morgan fingerprint density at radius 2 is 2.41 bits per heavy atom. The van der Waals surface area contributed by atoms with Crippen LogP contribution in [0.5, 0.6) is 0 Å². The largest absolute Gasteiger partial charge is 0.338 e. The maximum absolute atomic E-state index is 12.6. The van der Waals surface area contributed by atoms with Crippen molar-refractivity contribution in [3.8, 4) is 0 Å². The minimum absolute atomic E-state index is 0.117. The third kappa shape index (κ3) is 3.55. The van der Waals surface area contributed by atoms with Crippen LogP contribution in [0.1, 0.15) is 41.6 Å². The van der Waals surface area contributed by atoms with Gasteiger partial charge in [0.05, 0.1) is 16.8 Å². The van der Waals surface area contributed by atoms with Gasteiger partial charge in [0.1, 0.15) is 0 Å². The van der Waals surface area contributed by atoms with Crippen molar-refractivity contribution >= 4 is 17.2 Å². The Hall–Kier alpha value is -1.69. The first-order valence-corrected chi connectivity index (χ1v) is 8.84. The van der Waals surface area contributed by atoms with Crippen LogP contribution in [0.3, 0.4) is 0 Å². The first-order valence-electron chi connectivity index (χ1n) is 7.96. The molecule has 0 aromatic carbocycles. The fourth-order valence-corrected chi connectivity index (χ4v) is 3.76. The summed E-state index contributed by atoms with van der Waals surface area (Å²) in [4.78, 5) is 19.0. The molecule has 1 saturated heterocycles. The van der Waals surface area contributed by atoms with E-state index in [1.165, 1.54) is 11.4 Å². The third-order valence-corrected chi connectivity index (χ3v) is 4.89. The summed E-state index contributed by atoms with van der Waals surface area (Å²) in [7, 11) is 0. The monoisotopic (exact) mass is 318 g/mol. The minimum Gasteiger partial charge on any atom is -0.338 e. The van der Waals surface area contributed by atoms with Crippen molar-refractivity contribution in [3.63, 3.8) is 0 Å². The Morgan fingerprint density at radius 1 is 1.50 bits per heavy atom. The van der Waals surface area contributed by atoms with Crippen LogP contribution >= 0.6 is 11.3 Å². The molecule has 1 aliphatic rings. The van der Waals surface area contributed by atoms with Crippen molar-refractivity contribution in [1.29, 1.82) is 0 Å². The van der Waals surface area contributed by atoms with Crippen molar-refractivity contribution in [2.24, 2.45) is 5.92 Å². The van der Waals surface area contributed by atoms with E-state index in [0.29, 0.717) is 11.5 Å². The number of thiazole rings is 1. The van der Waals surface area contributed by atoms with Crippen LogP contribution in [0, 0.1) is 5.92 Å². The highest BCUT2D eigenvalue weighted by Gasteiger charge is 2.25. The van der Waals surface area contributed by atoms with Crippen LogP contribution in [0.15, 0.2) is 24.0 Å². The molecule has 1 amide bonds. The van der Waals surface area contributed by atoms with Crippen molar-refractivity contribution in [3.05, 3.63) is 34.5 Å². The number of hydrogen-bond acceptors (Lipinski definition) is 4. The minimum atomic E-state index is 0.117. The molecule has 1 atom stereocenters. The molecule has 2 aromatic heterocycles. The van der Waals surface area contributed by atoms with E-state index in [0.717, 1.165) is 38.9 Å². The lowest BCUT2D eigenvalue weighted by molar-refractivity contribution is 0.0673. The number of likely N-dealkylation sites (tertiary alicyclic amines) is 1. The van der Waals surface area contributed by atoms with Gasteiger partial charge in [-0.15, -0.1) is 11.3 Å². The molecule has 0 bridgehead atoms. The fourth-order valence-electron chi connectivity index (χ4n) is 3.02. The average Bonchev–Trinajstić information content (AvgIpc) is 3.19. The lowest BCUT2D eigenvalue weighted by atomic mass is 9.95. The lowest BCUT2D eigenvalue weighted by Gasteiger charge is -2.32. The van der Waals surface area contributed by atoms with E-state index in [1.54, 1.807) is 17.5 Å². The van der Waals surface area contributed by atoms with E-state index in [1.807, 2.05) is 27.4 Å². The predicted octanol–water partition coefficient (Wildman–Crippen LogP) is 2.84. The molecule has 0 spiro atoms. The Morgan fingerprint density at radius 3 is 3.18 bits per heavy atom. The van der Waals surface area contributed by atoms with E-state index in [4.69, 9.17) is 0 Å². The van der Waals surface area contributed by atoms with Gasteiger partial charge in [-0.25, -0.2) is 4.98 Å². The van der Waals surface area contributed by atoms with Gasteiger partial charge in [-0.05, 0) is 25.2 Å². The molecule has 0 aliphatic carbocycles. The molecule has 3 heterocycles. The second-order valence-corrected chi connectivity index (χ2v) is 6.86. The number of nitrogens with zero attached hydrogens (tertiary/aromatic N) is 4. The summed E-state index contributed by atoms with van der Waals surface area (Å²) in [5, 5.41) is 7.46. The smallest absolute Gasteiger partial charge is 0.257 e. The van der Waals surface area contributed by atoms with Crippen LogP contribution < -0.4 is 0 Å². The van der Waals surface area contributed by atoms with Crippen LogP contribution in [0.4, 0.5) is 0 Å². The average molecular weight is 318 g/mol. The van der Waals surface area contributed by atoms with Crippen molar-refractivity contribution in [2.75, 3.05) is 13.1 Å². The van der Waals surface area contributed by atoms with E-state index in [9.17, 15) is 4.79 Å². The SMILES string of the molecule is CCCn1cc(C(=O)N2CCC[C@@H](Cc3nccs3)C2)cn1. The summed E-state index contributed by atoms with van der Waals surface area (Å²) in [6.07, 6.45) is 9.68. The van der Waals surface area contributed by atoms with Crippen LogP contribution in [0.2, 0.25) is 0 Å². The van der Waals surface area contributed by atoms with Gasteiger partial charge >= 0.3 is 0 Å². The lowest BCUT2D eigenvalue weighted by Crippen LogP contribution is -2.40. The van der Waals surface area contributed by atoms with Crippen LogP contribution in [-0.4, -0.2) is 38.7 Å². The summed E-state index contributed by atoms with van der Waals surface area (Å²) in [5.41, 5.74) is 0.711. The molecule has 6 heteroatoms. The van der Waals surface area contributed by atoms with Crippen LogP contribution in [0.25, 0.3) is 0 Å². The highest BCUT2D eigenvalue weighted by Crippen LogP contribution is 2.23. The molecule has 22 heavy (non-hydrogen) atoms. The number of hydrogen-bond donors (Lipinski definition) is 0. The van der Waals surface area contributed by atoms with E-state index in [2.05, 4.69) is 17.0 Å². The van der Waals surface area contributed by atoms with Gasteiger partial charge in [0.2, 0.25) is 0 Å². The van der Waals surface area contributed by atoms with Gasteiger partial charge in [0.15, 0.2) is 0 Å². The van der Waals surface area contributed by atoms with Crippen LogP contribution in [-0.2, 0) is 13.0 Å². The van der Waals surface area contributed by atoms with Crippen molar-refractivity contribution in [2.45, 2.75) is 39.2 Å². The molecule has 0 radical (unpaired) electrons. The third-order valence-electron chi connectivity index (χ3n) is 4.09. The Bertz CT molecular complexity index is 607. The fraction of sp³-hybridized carbons (Fsp3) is 0.562. The zero-order chi connectivity index (χ0) is 15.4. The Labute approximate surface area is 135 Å². The summed E-state index contributed by atoms with van der Waals surface area (Å²) in [6.45, 7) is 4.65. The quantitative estimate of drug-likeness (QED) is 0.852. The van der Waals surface area contributed by atoms with Gasteiger partial charge < -0.3 is 4.90 Å². The maximum Gasteiger partial charge on any atom is 0.257 e. The number of aromatic nitrogens is 3. The predicted molar refractivity (Wildman–Crippen MR) is 87.0 cm³/mol. The van der Waals surface area contributed by atoms with E-state index < -0.39 is 0 Å². The Balaban J connectivity index is 1.61. The highest BCUT2D eigenvalue weighted by molar-refractivity contribution is 7.09. The molecule has 5 nitrogen and oxygen atoms in total. The van der Waals surface area contributed by atoms with Gasteiger partial charge in [0, 0.05) is 43.8 Å². The summed E-state index contributed by atoms with van der Waals surface area (Å²) >= 11 is 1.70. The van der Waals surface area contributed by atoms with Gasteiger partial charge in [-0.2, -0.15) is 5.10 Å². The number of carbonyl (C=O) groups is 1. The number of amides is 1. The van der Waals surface area contributed by atoms with Gasteiger partial charge in [-0.3, -0.25) is 9.48 Å². The molecule has 3 rings (SSSR count). The number of piperidine rings is 1. The van der Waals surface area contributed by atoms with Crippen molar-refractivity contribution in [1.82, 2.24) is 19.7 Å². The van der Waals surface area contributed by atoms with E-state index in [-0.39, 0.29) is 5.91 Å².